The van der Waals surface area contributed by atoms with E-state index in [0.29, 0.717) is 40.0 Å². The van der Waals surface area contributed by atoms with Gasteiger partial charge in [0.25, 0.3) is 0 Å². The molecule has 1 saturated carbocycles. The van der Waals surface area contributed by atoms with Gasteiger partial charge in [-0.05, 0) is 55.7 Å². The standard InChI is InChI=1S/C26H28N10O2/c1-15-8-16(4-7-23(15)38-19-5-6-20(28-2)21(11-19)35-27)33-25-24-22(30-13-31-25)12-29-26(34-24)36(3)18-9-17(10-18)32-14-37/h4-8,11-14,17-18,27-28H,9-10H2,1-3H3,(H,32,37)(H,30,31,33). The molecule has 0 saturated heterocycles. The van der Waals surface area contributed by atoms with E-state index in [2.05, 4.69) is 36.0 Å². The normalized spacial score (nSPS) is 16.3. The summed E-state index contributed by atoms with van der Waals surface area (Å²) in [7, 11) is 3.74. The van der Waals surface area contributed by atoms with Crippen LogP contribution in [0.5, 0.6) is 11.5 Å². The summed E-state index contributed by atoms with van der Waals surface area (Å²) in [6.45, 7) is 1.96. The molecule has 4 N–H and O–H groups in total. The highest BCUT2D eigenvalue weighted by atomic mass is 16.5. The second-order valence-electron chi connectivity index (χ2n) is 9.09. The number of rotatable bonds is 10. The molecule has 0 unspecified atom stereocenters. The summed E-state index contributed by atoms with van der Waals surface area (Å²) in [6, 6.07) is 11.6. The van der Waals surface area contributed by atoms with E-state index < -0.39 is 0 Å². The number of anilines is 4. The molecular weight excluding hydrogens is 484 g/mol. The van der Waals surface area contributed by atoms with Gasteiger partial charge < -0.3 is 25.6 Å². The van der Waals surface area contributed by atoms with Crippen LogP contribution in [0.3, 0.4) is 0 Å². The number of benzene rings is 2. The predicted octanol–water partition coefficient (Wildman–Crippen LogP) is 4.68. The molecule has 1 fully saturated rings. The monoisotopic (exact) mass is 512 g/mol. The van der Waals surface area contributed by atoms with Crippen LogP contribution in [0, 0.1) is 12.5 Å². The summed E-state index contributed by atoms with van der Waals surface area (Å²) in [4.78, 5) is 30.7. The quantitative estimate of drug-likeness (QED) is 0.175. The summed E-state index contributed by atoms with van der Waals surface area (Å²) in [6.07, 6.45) is 5.61. The van der Waals surface area contributed by atoms with Crippen molar-refractivity contribution in [3.8, 4) is 11.5 Å². The van der Waals surface area contributed by atoms with E-state index in [1.807, 2.05) is 49.2 Å². The van der Waals surface area contributed by atoms with Gasteiger partial charge in [0.1, 0.15) is 34.5 Å². The maximum Gasteiger partial charge on any atom is 0.226 e. The van der Waals surface area contributed by atoms with Gasteiger partial charge in [-0.25, -0.2) is 25.5 Å². The lowest BCUT2D eigenvalue weighted by molar-refractivity contribution is -0.110. The summed E-state index contributed by atoms with van der Waals surface area (Å²) in [5, 5.41) is 12.7. The zero-order chi connectivity index (χ0) is 26.6. The van der Waals surface area contributed by atoms with Gasteiger partial charge in [0.15, 0.2) is 5.82 Å². The van der Waals surface area contributed by atoms with Crippen LogP contribution in [-0.4, -0.2) is 52.5 Å². The Bertz CT molecular complexity index is 1490. The smallest absolute Gasteiger partial charge is 0.226 e. The fourth-order valence-corrected chi connectivity index (χ4v) is 4.39. The fourth-order valence-electron chi connectivity index (χ4n) is 4.39. The van der Waals surface area contributed by atoms with Crippen LogP contribution < -0.4 is 25.6 Å². The zero-order valence-corrected chi connectivity index (χ0v) is 21.3. The highest BCUT2D eigenvalue weighted by Crippen LogP contribution is 2.34. The van der Waals surface area contributed by atoms with Crippen molar-refractivity contribution in [2.75, 3.05) is 29.6 Å². The van der Waals surface area contributed by atoms with Gasteiger partial charge >= 0.3 is 0 Å². The Labute approximate surface area is 219 Å². The van der Waals surface area contributed by atoms with Crippen LogP contribution in [0.15, 0.2) is 54.0 Å². The Balaban J connectivity index is 1.34. The summed E-state index contributed by atoms with van der Waals surface area (Å²) >= 11 is 0. The average Bonchev–Trinajstić information content (AvgIpc) is 2.91. The first-order chi connectivity index (χ1) is 18.5. The first kappa shape index (κ1) is 24.8. The number of nitrogens with zero attached hydrogens (tertiary/aromatic N) is 6. The minimum absolute atomic E-state index is 0.193. The lowest BCUT2D eigenvalue weighted by atomic mass is 9.86. The third-order valence-electron chi connectivity index (χ3n) is 6.67. The van der Waals surface area contributed by atoms with Crippen molar-refractivity contribution in [3.63, 3.8) is 0 Å². The van der Waals surface area contributed by atoms with Crippen LogP contribution in [0.2, 0.25) is 0 Å². The molecule has 38 heavy (non-hydrogen) atoms. The SMILES string of the molecule is CNc1ccc(Oc2ccc(Nc3ncnc4cnc(N(C)C5CC(NC=O)C5)nc34)cc2C)cc1N=N. The first-order valence-corrected chi connectivity index (χ1v) is 12.1. The summed E-state index contributed by atoms with van der Waals surface area (Å²) in [5.74, 6) is 2.42. The van der Waals surface area contributed by atoms with Crippen molar-refractivity contribution < 1.29 is 9.53 Å². The van der Waals surface area contributed by atoms with Gasteiger partial charge in [-0.3, -0.25) is 4.79 Å². The minimum Gasteiger partial charge on any atom is -0.457 e. The van der Waals surface area contributed by atoms with E-state index in [-0.39, 0.29) is 12.1 Å². The maximum absolute atomic E-state index is 10.7. The molecule has 2 aromatic heterocycles. The van der Waals surface area contributed by atoms with Crippen LogP contribution >= 0.6 is 0 Å². The van der Waals surface area contributed by atoms with E-state index in [1.165, 1.54) is 6.33 Å². The molecule has 4 aromatic rings. The molecule has 1 aliphatic rings. The van der Waals surface area contributed by atoms with E-state index in [0.717, 1.165) is 36.2 Å². The number of hydrogen-bond acceptors (Lipinski definition) is 11. The second kappa shape index (κ2) is 10.6. The van der Waals surface area contributed by atoms with Crippen molar-refractivity contribution in [2.24, 2.45) is 5.11 Å². The van der Waals surface area contributed by atoms with Crippen LogP contribution in [-0.2, 0) is 4.79 Å². The Morgan fingerprint density at radius 3 is 2.74 bits per heavy atom. The number of ether oxygens (including phenoxy) is 1. The van der Waals surface area contributed by atoms with Gasteiger partial charge in [0.2, 0.25) is 12.4 Å². The first-order valence-electron chi connectivity index (χ1n) is 12.1. The van der Waals surface area contributed by atoms with Crippen molar-refractivity contribution in [3.05, 3.63) is 54.5 Å². The third-order valence-corrected chi connectivity index (χ3v) is 6.67. The van der Waals surface area contributed by atoms with Crippen LogP contribution in [0.4, 0.5) is 28.8 Å². The maximum atomic E-state index is 10.7. The Morgan fingerprint density at radius 1 is 1.16 bits per heavy atom. The number of aromatic nitrogens is 4. The molecule has 1 aliphatic carbocycles. The molecule has 5 rings (SSSR count). The van der Waals surface area contributed by atoms with Crippen LogP contribution in [0.1, 0.15) is 18.4 Å². The molecule has 0 atom stereocenters. The van der Waals surface area contributed by atoms with Crippen molar-refractivity contribution >= 4 is 46.3 Å². The Kier molecular flexibility index (Phi) is 6.94. The molecule has 2 aromatic carbocycles. The van der Waals surface area contributed by atoms with Crippen LogP contribution in [0.25, 0.3) is 11.0 Å². The van der Waals surface area contributed by atoms with Gasteiger partial charge in [-0.1, -0.05) is 0 Å². The molecular formula is C26H28N10O2. The Morgan fingerprint density at radius 2 is 2.00 bits per heavy atom. The zero-order valence-electron chi connectivity index (χ0n) is 21.3. The molecule has 2 heterocycles. The predicted molar refractivity (Wildman–Crippen MR) is 145 cm³/mol. The lowest BCUT2D eigenvalue weighted by Gasteiger charge is -2.40. The van der Waals surface area contributed by atoms with Gasteiger partial charge in [-0.15, -0.1) is 0 Å². The summed E-state index contributed by atoms with van der Waals surface area (Å²) < 4.78 is 6.06. The van der Waals surface area contributed by atoms with Crippen molar-refractivity contribution in [2.45, 2.75) is 31.8 Å². The fraction of sp³-hybridized carbons (Fsp3) is 0.269. The topological polar surface area (TPSA) is 153 Å². The summed E-state index contributed by atoms with van der Waals surface area (Å²) in [5.41, 5.74) is 11.6. The lowest BCUT2D eigenvalue weighted by Crippen LogP contribution is -2.51. The van der Waals surface area contributed by atoms with Crippen molar-refractivity contribution in [1.29, 1.82) is 5.53 Å². The highest BCUT2D eigenvalue weighted by Gasteiger charge is 2.33. The van der Waals surface area contributed by atoms with Crippen molar-refractivity contribution in [1.82, 2.24) is 25.3 Å². The molecule has 12 heteroatoms. The van der Waals surface area contributed by atoms with Gasteiger partial charge in [0, 0.05) is 37.9 Å². The molecule has 194 valence electrons. The molecule has 0 spiro atoms. The number of hydrogen-bond donors (Lipinski definition) is 4. The second-order valence-corrected chi connectivity index (χ2v) is 9.09. The number of fused-ring (bicyclic) bond motifs is 1. The Hall–Kier alpha value is -4.87. The van der Waals surface area contributed by atoms with Gasteiger partial charge in [0.05, 0.1) is 11.9 Å². The molecule has 0 aliphatic heterocycles. The number of aryl methyl sites for hydroxylation is 1. The molecule has 12 nitrogen and oxygen atoms in total. The molecule has 0 radical (unpaired) electrons. The highest BCUT2D eigenvalue weighted by molar-refractivity contribution is 5.87. The molecule has 0 bridgehead atoms. The van der Waals surface area contributed by atoms with E-state index in [1.54, 1.807) is 19.3 Å². The third kappa shape index (κ3) is 5.01. The number of carbonyl (C=O) groups is 1. The number of carbonyl (C=O) groups excluding carboxylic acids is 1. The number of amides is 1. The van der Waals surface area contributed by atoms with E-state index >= 15 is 0 Å². The average molecular weight is 513 g/mol. The van der Waals surface area contributed by atoms with E-state index in [9.17, 15) is 4.79 Å². The molecule has 1 amide bonds. The minimum atomic E-state index is 0.193. The number of nitrogens with one attached hydrogen (secondary N) is 4. The van der Waals surface area contributed by atoms with E-state index in [4.69, 9.17) is 15.3 Å². The largest absolute Gasteiger partial charge is 0.457 e. The van der Waals surface area contributed by atoms with Gasteiger partial charge in [-0.2, -0.15) is 5.11 Å².